The van der Waals surface area contributed by atoms with E-state index in [1.165, 1.54) is 0 Å². The van der Waals surface area contributed by atoms with E-state index in [1.54, 1.807) is 13.8 Å². The first-order valence-electron chi connectivity index (χ1n) is 6.71. The van der Waals surface area contributed by atoms with Gasteiger partial charge < -0.3 is 24.4 Å². The molecule has 6 nitrogen and oxygen atoms in total. The molecule has 0 aromatic carbocycles. The summed E-state index contributed by atoms with van der Waals surface area (Å²) in [5, 5.41) is 16.2. The van der Waals surface area contributed by atoms with Crippen LogP contribution in [0.2, 0.25) is 0 Å². The Morgan fingerprint density at radius 3 is 1.55 bits per heavy atom. The van der Waals surface area contributed by atoms with Crippen LogP contribution in [-0.4, -0.2) is 62.4 Å². The Balaban J connectivity index is -0.000000223. The van der Waals surface area contributed by atoms with Crippen LogP contribution < -0.4 is 0 Å². The van der Waals surface area contributed by atoms with Crippen LogP contribution in [0.25, 0.3) is 0 Å². The maximum Gasteiger partial charge on any atom is 0.333 e. The number of hydrogen-bond acceptors (Lipinski definition) is 6. The molecule has 0 aliphatic rings. The van der Waals surface area contributed by atoms with Crippen molar-refractivity contribution >= 4 is 5.97 Å². The smallest absolute Gasteiger partial charge is 0.333 e. The summed E-state index contributed by atoms with van der Waals surface area (Å²) >= 11 is 0. The maximum absolute atomic E-state index is 10.4. The van der Waals surface area contributed by atoms with Crippen LogP contribution in [0, 0.1) is 0 Å². The van der Waals surface area contributed by atoms with E-state index in [0.717, 1.165) is 13.2 Å². The topological polar surface area (TPSA) is 85.2 Å². The largest absolute Gasteiger partial charge is 0.463 e. The summed E-state index contributed by atoms with van der Waals surface area (Å²) < 4.78 is 14.0. The molecule has 0 bridgehead atoms. The lowest BCUT2D eigenvalue weighted by atomic mass is 10.4. The van der Waals surface area contributed by atoms with E-state index in [0.29, 0.717) is 25.4 Å². The van der Waals surface area contributed by atoms with Crippen molar-refractivity contribution in [1.82, 2.24) is 0 Å². The predicted octanol–water partition coefficient (Wildman–Crippen LogP) is 1.16. The fourth-order valence-electron chi connectivity index (χ4n) is 0.690. The van der Waals surface area contributed by atoms with E-state index < -0.39 is 0 Å². The molecule has 0 spiro atoms. The van der Waals surface area contributed by atoms with Gasteiger partial charge >= 0.3 is 5.97 Å². The van der Waals surface area contributed by atoms with Gasteiger partial charge in [0, 0.05) is 18.8 Å². The lowest BCUT2D eigenvalue weighted by Crippen LogP contribution is -2.03. The zero-order chi connectivity index (χ0) is 16.2. The summed E-state index contributed by atoms with van der Waals surface area (Å²) in [4.78, 5) is 10.4. The van der Waals surface area contributed by atoms with Crippen molar-refractivity contribution in [2.45, 2.75) is 27.7 Å². The van der Waals surface area contributed by atoms with Crippen LogP contribution >= 0.6 is 0 Å². The fraction of sp³-hybridized carbons (Fsp3) is 0.786. The van der Waals surface area contributed by atoms with Crippen LogP contribution in [0.4, 0.5) is 0 Å². The van der Waals surface area contributed by atoms with Gasteiger partial charge in [0.15, 0.2) is 0 Å². The Labute approximate surface area is 122 Å². The number of esters is 1. The molecule has 20 heavy (non-hydrogen) atoms. The third kappa shape index (κ3) is 30.2. The summed E-state index contributed by atoms with van der Waals surface area (Å²) in [5.41, 5.74) is 0.451. The summed E-state index contributed by atoms with van der Waals surface area (Å²) in [5.74, 6) is -0.312. The molecule has 2 N–H and O–H groups in total. The first-order valence-corrected chi connectivity index (χ1v) is 6.71. The zero-order valence-corrected chi connectivity index (χ0v) is 13.2. The highest BCUT2D eigenvalue weighted by molar-refractivity contribution is 5.86. The minimum absolute atomic E-state index is 0.0278. The molecule has 6 heteroatoms. The molecule has 0 saturated carbocycles. The normalized spacial score (nSPS) is 8.70. The number of carbonyl (C=O) groups excluding carboxylic acids is 1. The predicted molar refractivity (Wildman–Crippen MR) is 78.6 cm³/mol. The quantitative estimate of drug-likeness (QED) is 0.397. The number of rotatable bonds is 8. The molecule has 0 atom stereocenters. The standard InChI is InChI=1S/C6H10O2.C4H10O3.C4H10O/c1-4-8-6(7)5(2)3;5-1-3-7-4-2-6;1-3-5-4-2/h2,4H2,1,3H3;5-6H,1-4H2;3-4H2,1-2H3. The minimum Gasteiger partial charge on any atom is -0.463 e. The monoisotopic (exact) mass is 294 g/mol. The number of ether oxygens (including phenoxy) is 3. The van der Waals surface area contributed by atoms with Crippen LogP contribution in [0.15, 0.2) is 12.2 Å². The molecule has 0 aliphatic heterocycles. The Morgan fingerprint density at radius 2 is 1.40 bits per heavy atom. The Morgan fingerprint density at radius 1 is 0.950 bits per heavy atom. The summed E-state index contributed by atoms with van der Waals surface area (Å²) in [6, 6.07) is 0. The van der Waals surface area contributed by atoms with Crippen LogP contribution in [0.3, 0.4) is 0 Å². The second-order valence-electron chi connectivity index (χ2n) is 3.34. The average Bonchev–Trinajstić information content (AvgIpc) is 2.42. The van der Waals surface area contributed by atoms with Gasteiger partial charge in [-0.3, -0.25) is 0 Å². The third-order valence-electron chi connectivity index (χ3n) is 1.50. The van der Waals surface area contributed by atoms with Crippen molar-refractivity contribution in [3.63, 3.8) is 0 Å². The van der Waals surface area contributed by atoms with Crippen LogP contribution in [-0.2, 0) is 19.0 Å². The fourth-order valence-corrected chi connectivity index (χ4v) is 0.690. The van der Waals surface area contributed by atoms with Gasteiger partial charge in [-0.05, 0) is 27.7 Å². The van der Waals surface area contributed by atoms with Gasteiger partial charge in [0.1, 0.15) is 0 Å². The van der Waals surface area contributed by atoms with Gasteiger partial charge in [-0.15, -0.1) is 0 Å². The molecule has 0 amide bonds. The van der Waals surface area contributed by atoms with Crippen molar-refractivity contribution in [3.05, 3.63) is 12.2 Å². The second-order valence-corrected chi connectivity index (χ2v) is 3.34. The van der Waals surface area contributed by atoms with Gasteiger partial charge in [0.05, 0.1) is 33.0 Å². The molecule has 0 unspecified atom stereocenters. The number of carbonyl (C=O) groups is 1. The summed E-state index contributed by atoms with van der Waals surface area (Å²) in [6.45, 7) is 13.6. The Hall–Kier alpha value is -0.950. The van der Waals surface area contributed by atoms with Gasteiger partial charge in [-0.25, -0.2) is 4.79 Å². The van der Waals surface area contributed by atoms with Crippen LogP contribution in [0.5, 0.6) is 0 Å². The van der Waals surface area contributed by atoms with Crippen molar-refractivity contribution in [2.75, 3.05) is 46.2 Å². The molecule has 122 valence electrons. The molecule has 0 saturated heterocycles. The highest BCUT2D eigenvalue weighted by atomic mass is 16.5. The molecule has 0 radical (unpaired) electrons. The lowest BCUT2D eigenvalue weighted by Gasteiger charge is -1.96. The molecule has 0 rings (SSSR count). The summed E-state index contributed by atoms with van der Waals surface area (Å²) in [6.07, 6.45) is 0. The minimum atomic E-state index is -0.312. The first kappa shape index (κ1) is 24.1. The maximum atomic E-state index is 10.4. The summed E-state index contributed by atoms with van der Waals surface area (Å²) in [7, 11) is 0. The van der Waals surface area contributed by atoms with Gasteiger partial charge in [0.25, 0.3) is 0 Å². The van der Waals surface area contributed by atoms with Gasteiger partial charge in [-0.1, -0.05) is 6.58 Å². The van der Waals surface area contributed by atoms with Crippen molar-refractivity contribution in [1.29, 1.82) is 0 Å². The van der Waals surface area contributed by atoms with E-state index in [2.05, 4.69) is 16.1 Å². The van der Waals surface area contributed by atoms with E-state index >= 15 is 0 Å². The molecular formula is C14H30O6. The SMILES string of the molecule is C=C(C)C(=O)OCC.CCOCC.OCCOCCO. The highest BCUT2D eigenvalue weighted by Gasteiger charge is 1.98. The second kappa shape index (κ2) is 23.2. The molecule has 0 aliphatic carbocycles. The van der Waals surface area contributed by atoms with Crippen molar-refractivity contribution < 1.29 is 29.2 Å². The zero-order valence-electron chi connectivity index (χ0n) is 13.2. The molecule has 0 aromatic heterocycles. The van der Waals surface area contributed by atoms with Gasteiger partial charge in [-0.2, -0.15) is 0 Å². The highest BCUT2D eigenvalue weighted by Crippen LogP contribution is 1.89. The van der Waals surface area contributed by atoms with E-state index in [1.807, 2.05) is 13.8 Å². The third-order valence-corrected chi connectivity index (χ3v) is 1.50. The van der Waals surface area contributed by atoms with E-state index in [9.17, 15) is 4.79 Å². The molecular weight excluding hydrogens is 264 g/mol. The molecule has 0 aromatic rings. The van der Waals surface area contributed by atoms with Crippen LogP contribution in [0.1, 0.15) is 27.7 Å². The van der Waals surface area contributed by atoms with Gasteiger partial charge in [0.2, 0.25) is 0 Å². The molecule has 0 fully saturated rings. The first-order chi connectivity index (χ1) is 9.51. The number of aliphatic hydroxyl groups excluding tert-OH is 2. The number of aliphatic hydroxyl groups is 2. The molecule has 0 heterocycles. The number of hydrogen-bond donors (Lipinski definition) is 2. The van der Waals surface area contributed by atoms with E-state index in [4.69, 9.17) is 14.9 Å². The van der Waals surface area contributed by atoms with Crippen molar-refractivity contribution in [3.8, 4) is 0 Å². The van der Waals surface area contributed by atoms with E-state index in [-0.39, 0.29) is 19.2 Å². The Kier molecular flexibility index (Phi) is 27.9. The lowest BCUT2D eigenvalue weighted by molar-refractivity contribution is -0.138. The average molecular weight is 294 g/mol. The van der Waals surface area contributed by atoms with Crippen molar-refractivity contribution in [2.24, 2.45) is 0 Å². The Bertz CT molecular complexity index is 200.